The third-order valence-corrected chi connectivity index (χ3v) is 2.18. The van der Waals surface area contributed by atoms with Crippen LogP contribution in [0.25, 0.3) is 0 Å². The molecule has 0 amide bonds. The second-order valence-corrected chi connectivity index (χ2v) is 3.34. The molecule has 5 heteroatoms. The van der Waals surface area contributed by atoms with E-state index in [2.05, 4.69) is 0 Å². The first-order valence-electron chi connectivity index (χ1n) is 4.73. The summed E-state index contributed by atoms with van der Waals surface area (Å²) in [5, 5.41) is 15.8. The summed E-state index contributed by atoms with van der Waals surface area (Å²) in [6.07, 6.45) is 0. The molecule has 0 aliphatic rings. The summed E-state index contributed by atoms with van der Waals surface area (Å²) >= 11 is 0. The number of Topliss-reactive ketones (excluding diaryl/α,β-unsaturated/α-hetero) is 1. The Morgan fingerprint density at radius 2 is 1.35 bits per heavy atom. The Labute approximate surface area is 126 Å². The van der Waals surface area contributed by atoms with E-state index in [1.54, 1.807) is 19.9 Å². The van der Waals surface area contributed by atoms with Crippen molar-refractivity contribution in [3.63, 3.8) is 0 Å². The molecule has 17 heavy (non-hydrogen) atoms. The number of ketones is 1. The number of benzene rings is 1. The van der Waals surface area contributed by atoms with Crippen molar-refractivity contribution in [3.05, 3.63) is 34.4 Å². The van der Waals surface area contributed by atoms with Crippen molar-refractivity contribution in [2.75, 3.05) is 7.11 Å². The summed E-state index contributed by atoms with van der Waals surface area (Å²) in [7, 11) is 1.00. The number of carboxylic acid groups (broad SMARTS) is 1. The fourth-order valence-corrected chi connectivity index (χ4v) is 1.43. The van der Waals surface area contributed by atoms with Gasteiger partial charge in [0.15, 0.2) is 5.78 Å². The van der Waals surface area contributed by atoms with E-state index in [0.717, 1.165) is 7.11 Å². The van der Waals surface area contributed by atoms with E-state index in [0.29, 0.717) is 16.7 Å². The Morgan fingerprint density at radius 1 is 1.00 bits per heavy atom. The second-order valence-electron chi connectivity index (χ2n) is 3.34. The number of rotatable bonds is 2. The van der Waals surface area contributed by atoms with Crippen LogP contribution in [-0.4, -0.2) is 29.1 Å². The minimum atomic E-state index is -0.958. The fraction of sp³-hybridized carbons (Fsp3) is 0.333. The first-order valence-corrected chi connectivity index (χ1v) is 4.73. The summed E-state index contributed by atoms with van der Waals surface area (Å²) in [5.41, 5.74) is 2.17. The predicted molar refractivity (Wildman–Crippen MR) is 61.0 cm³/mol. The quantitative estimate of drug-likeness (QED) is 0.817. The number of aromatic carboxylic acids is 1. The predicted octanol–water partition coefficient (Wildman–Crippen LogP) is 1.81. The number of carbonyl (C=O) groups is 2. The maximum Gasteiger partial charge on any atom is 0.335 e. The van der Waals surface area contributed by atoms with Crippen LogP contribution in [0.3, 0.4) is 0 Å². The standard InChI is InChI=1S/C11H12O3.CH4O.Y/c1-6-5-10(11(13)14)7(2)4-9(6)8(3)12;1-2;/h4-5H,1-3H3,(H,13,14);2H,1H3;. The minimum Gasteiger partial charge on any atom is -0.478 e. The maximum absolute atomic E-state index is 11.2. The summed E-state index contributed by atoms with van der Waals surface area (Å²) in [4.78, 5) is 21.9. The third kappa shape index (κ3) is 5.07. The van der Waals surface area contributed by atoms with Gasteiger partial charge in [-0.1, -0.05) is 0 Å². The molecule has 1 radical (unpaired) electrons. The molecule has 0 bridgehead atoms. The minimum absolute atomic E-state index is 0. The van der Waals surface area contributed by atoms with E-state index in [4.69, 9.17) is 10.2 Å². The van der Waals surface area contributed by atoms with Crippen LogP contribution in [0, 0.1) is 13.8 Å². The first-order chi connectivity index (χ1) is 7.43. The molecule has 0 spiro atoms. The van der Waals surface area contributed by atoms with Gasteiger partial charge in [-0.05, 0) is 44.0 Å². The number of hydrogen-bond donors (Lipinski definition) is 2. The molecule has 0 aliphatic carbocycles. The van der Waals surface area contributed by atoms with E-state index < -0.39 is 5.97 Å². The largest absolute Gasteiger partial charge is 0.478 e. The molecule has 1 rings (SSSR count). The van der Waals surface area contributed by atoms with Gasteiger partial charge in [0, 0.05) is 45.4 Å². The zero-order valence-electron chi connectivity index (χ0n) is 10.4. The van der Waals surface area contributed by atoms with Crippen LogP contribution in [0.1, 0.15) is 38.8 Å². The molecule has 1 aromatic rings. The van der Waals surface area contributed by atoms with Crippen LogP contribution in [0.4, 0.5) is 0 Å². The Balaban J connectivity index is 0. The van der Waals surface area contributed by atoms with Crippen molar-refractivity contribution in [1.29, 1.82) is 0 Å². The van der Waals surface area contributed by atoms with Gasteiger partial charge in [0.1, 0.15) is 0 Å². The van der Waals surface area contributed by atoms with Crippen LogP contribution in [0.5, 0.6) is 0 Å². The fourth-order valence-electron chi connectivity index (χ4n) is 1.43. The van der Waals surface area contributed by atoms with E-state index in [1.165, 1.54) is 13.0 Å². The normalized spacial score (nSPS) is 8.53. The number of aryl methyl sites for hydroxylation is 2. The Kier molecular flexibility index (Phi) is 9.40. The van der Waals surface area contributed by atoms with Gasteiger partial charge in [0.25, 0.3) is 0 Å². The van der Waals surface area contributed by atoms with Crippen LogP contribution < -0.4 is 0 Å². The van der Waals surface area contributed by atoms with Crippen molar-refractivity contribution in [2.45, 2.75) is 20.8 Å². The number of hydrogen-bond acceptors (Lipinski definition) is 3. The van der Waals surface area contributed by atoms with Gasteiger partial charge < -0.3 is 10.2 Å². The molecule has 0 heterocycles. The van der Waals surface area contributed by atoms with Gasteiger partial charge >= 0.3 is 5.97 Å². The molecule has 0 fully saturated rings. The van der Waals surface area contributed by atoms with Crippen LogP contribution >= 0.6 is 0 Å². The summed E-state index contributed by atoms with van der Waals surface area (Å²) in [6, 6.07) is 3.16. The van der Waals surface area contributed by atoms with Crippen molar-refractivity contribution >= 4 is 11.8 Å². The molecule has 0 aromatic heterocycles. The van der Waals surface area contributed by atoms with Crippen LogP contribution in [0.15, 0.2) is 12.1 Å². The molecule has 0 saturated heterocycles. The molecule has 91 valence electrons. The van der Waals surface area contributed by atoms with Gasteiger partial charge in [0.05, 0.1) is 5.56 Å². The van der Waals surface area contributed by atoms with E-state index in [-0.39, 0.29) is 44.1 Å². The Morgan fingerprint density at radius 3 is 1.71 bits per heavy atom. The number of carboxylic acids is 1. The van der Waals surface area contributed by atoms with Gasteiger partial charge in [-0.15, -0.1) is 0 Å². The summed E-state index contributed by atoms with van der Waals surface area (Å²) < 4.78 is 0. The molecule has 1 aromatic carbocycles. The van der Waals surface area contributed by atoms with Gasteiger partial charge in [0.2, 0.25) is 0 Å². The monoisotopic (exact) mass is 313 g/mol. The SMILES string of the molecule is CC(=O)c1cc(C)c(C(=O)O)cc1C.CO.[Y]. The number of aliphatic hydroxyl groups is 1. The van der Waals surface area contributed by atoms with E-state index in [9.17, 15) is 9.59 Å². The molecule has 2 N–H and O–H groups in total. The number of carbonyl (C=O) groups excluding carboxylic acids is 1. The van der Waals surface area contributed by atoms with Crippen LogP contribution in [-0.2, 0) is 32.7 Å². The molecule has 0 saturated carbocycles. The Bertz CT molecular complexity index is 373. The topological polar surface area (TPSA) is 74.6 Å². The average molecular weight is 313 g/mol. The molecular formula is C12H16O4Y. The Hall–Kier alpha value is -0.576. The molecular weight excluding hydrogens is 297 g/mol. The number of aliphatic hydroxyl groups excluding tert-OH is 1. The molecule has 0 atom stereocenters. The van der Waals surface area contributed by atoms with Crippen molar-refractivity contribution in [1.82, 2.24) is 0 Å². The summed E-state index contributed by atoms with van der Waals surface area (Å²) in [6.45, 7) is 4.90. The van der Waals surface area contributed by atoms with E-state index >= 15 is 0 Å². The zero-order chi connectivity index (χ0) is 12.9. The maximum atomic E-state index is 11.2. The second kappa shape index (κ2) is 8.51. The van der Waals surface area contributed by atoms with Gasteiger partial charge in [-0.2, -0.15) is 0 Å². The van der Waals surface area contributed by atoms with Crippen molar-refractivity contribution in [3.8, 4) is 0 Å². The molecule has 0 aliphatic heterocycles. The van der Waals surface area contributed by atoms with Crippen molar-refractivity contribution < 1.29 is 52.5 Å². The van der Waals surface area contributed by atoms with Crippen LogP contribution in [0.2, 0.25) is 0 Å². The summed E-state index contributed by atoms with van der Waals surface area (Å²) in [5.74, 6) is -0.997. The first kappa shape index (κ1) is 18.8. The smallest absolute Gasteiger partial charge is 0.335 e. The molecule has 4 nitrogen and oxygen atoms in total. The van der Waals surface area contributed by atoms with Gasteiger partial charge in [-0.3, -0.25) is 4.79 Å². The average Bonchev–Trinajstić information content (AvgIpc) is 2.23. The zero-order valence-corrected chi connectivity index (χ0v) is 13.3. The van der Waals surface area contributed by atoms with Gasteiger partial charge in [-0.25, -0.2) is 4.79 Å². The molecule has 0 unspecified atom stereocenters. The third-order valence-electron chi connectivity index (χ3n) is 2.18. The van der Waals surface area contributed by atoms with E-state index in [1.807, 2.05) is 0 Å². The van der Waals surface area contributed by atoms with Crippen molar-refractivity contribution in [2.24, 2.45) is 0 Å².